The Bertz CT molecular complexity index is 1150. The van der Waals surface area contributed by atoms with Gasteiger partial charge in [-0.3, -0.25) is 4.57 Å². The summed E-state index contributed by atoms with van der Waals surface area (Å²) in [7, 11) is 0. The first-order valence-electron chi connectivity index (χ1n) is 10.7. The van der Waals surface area contributed by atoms with Crippen LogP contribution in [-0.2, 0) is 12.8 Å². The Morgan fingerprint density at radius 2 is 1.88 bits per heavy atom. The molecular formula is C25H26ClN3O3. The molecule has 0 spiro atoms. The van der Waals surface area contributed by atoms with Crippen molar-refractivity contribution in [2.75, 3.05) is 13.2 Å². The molecule has 0 bridgehead atoms. The lowest BCUT2D eigenvalue weighted by Crippen LogP contribution is -2.02. The summed E-state index contributed by atoms with van der Waals surface area (Å²) >= 11 is 6.06. The van der Waals surface area contributed by atoms with Crippen LogP contribution in [0, 0.1) is 6.92 Å². The fourth-order valence-corrected chi connectivity index (χ4v) is 3.69. The number of hydrogen-bond acceptors (Lipinski definition) is 5. The van der Waals surface area contributed by atoms with Crippen molar-refractivity contribution in [2.24, 2.45) is 0 Å². The first kappa shape index (κ1) is 22.1. The van der Waals surface area contributed by atoms with Gasteiger partial charge in [-0.25, -0.2) is 4.98 Å². The third-order valence-corrected chi connectivity index (χ3v) is 5.47. The lowest BCUT2D eigenvalue weighted by molar-refractivity contribution is 0.283. The van der Waals surface area contributed by atoms with Gasteiger partial charge in [0, 0.05) is 36.0 Å². The summed E-state index contributed by atoms with van der Waals surface area (Å²) in [5.41, 5.74) is 2.86. The largest absolute Gasteiger partial charge is 0.493 e. The number of rotatable bonds is 10. The highest BCUT2D eigenvalue weighted by molar-refractivity contribution is 6.30. The van der Waals surface area contributed by atoms with Crippen LogP contribution in [0.4, 0.5) is 0 Å². The number of aliphatic hydroxyl groups excluding tert-OH is 1. The number of aromatic nitrogens is 3. The SMILES string of the molecule is Cc1nccn1-c1nc(-c2ccc(Cl)cc2)c(CCCOc2ccccc2CCCO)o1. The minimum absolute atomic E-state index is 0.173. The van der Waals surface area contributed by atoms with Crippen molar-refractivity contribution in [1.82, 2.24) is 14.5 Å². The average Bonchev–Trinajstić information content (AvgIpc) is 3.42. The van der Waals surface area contributed by atoms with E-state index < -0.39 is 0 Å². The number of ether oxygens (including phenoxy) is 1. The van der Waals surface area contributed by atoms with Crippen LogP contribution in [-0.4, -0.2) is 32.9 Å². The smallest absolute Gasteiger partial charge is 0.307 e. The Balaban J connectivity index is 1.49. The average molecular weight is 452 g/mol. The number of benzene rings is 2. The van der Waals surface area contributed by atoms with Crippen LogP contribution < -0.4 is 4.74 Å². The molecule has 0 amide bonds. The molecule has 4 aromatic rings. The van der Waals surface area contributed by atoms with Crippen molar-refractivity contribution in [3.63, 3.8) is 0 Å². The highest BCUT2D eigenvalue weighted by Gasteiger charge is 2.17. The third kappa shape index (κ3) is 5.21. The number of aliphatic hydroxyl groups is 1. The van der Waals surface area contributed by atoms with Crippen molar-refractivity contribution < 1.29 is 14.3 Å². The van der Waals surface area contributed by atoms with E-state index in [9.17, 15) is 0 Å². The van der Waals surface area contributed by atoms with Crippen LogP contribution in [0.1, 0.15) is 30.0 Å². The summed E-state index contributed by atoms with van der Waals surface area (Å²) in [6.45, 7) is 2.64. The Labute approximate surface area is 192 Å². The highest BCUT2D eigenvalue weighted by atomic mass is 35.5. The molecule has 0 aliphatic heterocycles. The number of halogens is 1. The van der Waals surface area contributed by atoms with E-state index in [1.165, 1.54) is 0 Å². The van der Waals surface area contributed by atoms with Gasteiger partial charge in [0.05, 0.1) is 6.61 Å². The van der Waals surface area contributed by atoms with Crippen LogP contribution >= 0.6 is 11.6 Å². The third-order valence-electron chi connectivity index (χ3n) is 5.22. The number of para-hydroxylation sites is 1. The molecule has 7 heteroatoms. The quantitative estimate of drug-likeness (QED) is 0.325. The molecule has 0 radical (unpaired) electrons. The summed E-state index contributed by atoms with van der Waals surface area (Å²) in [5.74, 6) is 2.47. The maximum Gasteiger partial charge on any atom is 0.307 e. The monoisotopic (exact) mass is 451 g/mol. The highest BCUT2D eigenvalue weighted by Crippen LogP contribution is 2.28. The Hall–Kier alpha value is -3.09. The zero-order valence-corrected chi connectivity index (χ0v) is 18.8. The van der Waals surface area contributed by atoms with Crippen molar-refractivity contribution in [3.05, 3.63) is 83.1 Å². The normalized spacial score (nSPS) is 11.1. The minimum Gasteiger partial charge on any atom is -0.493 e. The molecule has 1 N–H and O–H groups in total. The molecule has 0 atom stereocenters. The molecule has 0 saturated heterocycles. The number of nitrogens with zero attached hydrogens (tertiary/aromatic N) is 3. The Morgan fingerprint density at radius 1 is 1.06 bits per heavy atom. The zero-order valence-electron chi connectivity index (χ0n) is 18.0. The molecule has 2 aromatic heterocycles. The van der Waals surface area contributed by atoms with Gasteiger partial charge in [-0.2, -0.15) is 4.98 Å². The summed E-state index contributed by atoms with van der Waals surface area (Å²) in [4.78, 5) is 9.01. The molecule has 0 saturated carbocycles. The van der Waals surface area contributed by atoms with E-state index in [-0.39, 0.29) is 6.61 Å². The molecule has 2 heterocycles. The second-order valence-corrected chi connectivity index (χ2v) is 7.94. The number of hydrogen-bond donors (Lipinski definition) is 1. The van der Waals surface area contributed by atoms with E-state index in [4.69, 9.17) is 30.8 Å². The molecule has 166 valence electrons. The molecule has 0 unspecified atom stereocenters. The van der Waals surface area contributed by atoms with Crippen LogP contribution in [0.2, 0.25) is 5.02 Å². The van der Waals surface area contributed by atoms with E-state index in [0.29, 0.717) is 24.1 Å². The van der Waals surface area contributed by atoms with E-state index >= 15 is 0 Å². The lowest BCUT2D eigenvalue weighted by atomic mass is 10.1. The second kappa shape index (κ2) is 10.5. The summed E-state index contributed by atoms with van der Waals surface area (Å²) in [6.07, 6.45) is 6.53. The van der Waals surface area contributed by atoms with Gasteiger partial charge in [0.25, 0.3) is 0 Å². The standard InChI is InChI=1S/C25H26ClN3O3/c1-18-27-14-15-29(18)25-28-24(20-10-12-21(26)13-11-20)23(32-25)9-5-17-31-22-8-3-2-6-19(22)7-4-16-30/h2-3,6,8,10-15,30H,4-5,7,9,16-17H2,1H3. The van der Waals surface area contributed by atoms with Gasteiger partial charge in [0.15, 0.2) is 0 Å². The van der Waals surface area contributed by atoms with Gasteiger partial charge in [-0.05, 0) is 49.9 Å². The Kier molecular flexibility index (Phi) is 7.24. The summed E-state index contributed by atoms with van der Waals surface area (Å²) < 4.78 is 14.0. The molecule has 4 rings (SSSR count). The molecule has 0 aliphatic carbocycles. The van der Waals surface area contributed by atoms with Gasteiger partial charge in [0.1, 0.15) is 23.0 Å². The van der Waals surface area contributed by atoms with Crippen molar-refractivity contribution >= 4 is 11.6 Å². The van der Waals surface area contributed by atoms with E-state index in [1.807, 2.05) is 66.2 Å². The van der Waals surface area contributed by atoms with E-state index in [1.54, 1.807) is 6.20 Å². The maximum absolute atomic E-state index is 9.11. The lowest BCUT2D eigenvalue weighted by Gasteiger charge is -2.11. The van der Waals surface area contributed by atoms with Crippen LogP contribution in [0.25, 0.3) is 17.3 Å². The van der Waals surface area contributed by atoms with Gasteiger partial charge >= 0.3 is 6.01 Å². The zero-order chi connectivity index (χ0) is 22.3. The molecule has 2 aromatic carbocycles. The summed E-state index contributed by atoms with van der Waals surface area (Å²) in [5, 5.41) is 9.79. The predicted molar refractivity (Wildman–Crippen MR) is 124 cm³/mol. The number of imidazole rings is 1. The van der Waals surface area contributed by atoms with E-state index in [0.717, 1.165) is 53.4 Å². The van der Waals surface area contributed by atoms with Crippen molar-refractivity contribution in [2.45, 2.75) is 32.6 Å². The van der Waals surface area contributed by atoms with Gasteiger partial charge in [-0.15, -0.1) is 0 Å². The van der Waals surface area contributed by atoms with Crippen LogP contribution in [0.5, 0.6) is 5.75 Å². The second-order valence-electron chi connectivity index (χ2n) is 7.51. The number of aryl methyl sites for hydroxylation is 3. The summed E-state index contributed by atoms with van der Waals surface area (Å²) in [6, 6.07) is 16.1. The Morgan fingerprint density at radius 3 is 2.62 bits per heavy atom. The maximum atomic E-state index is 9.11. The molecule has 0 aliphatic rings. The molecular weight excluding hydrogens is 426 g/mol. The van der Waals surface area contributed by atoms with Crippen LogP contribution in [0.3, 0.4) is 0 Å². The topological polar surface area (TPSA) is 73.3 Å². The van der Waals surface area contributed by atoms with Gasteiger partial charge in [0.2, 0.25) is 0 Å². The first-order chi connectivity index (χ1) is 15.7. The number of oxazole rings is 1. The fourth-order valence-electron chi connectivity index (χ4n) is 3.56. The fraction of sp³-hybridized carbons (Fsp3) is 0.280. The first-order valence-corrected chi connectivity index (χ1v) is 11.1. The van der Waals surface area contributed by atoms with Crippen molar-refractivity contribution in [3.8, 4) is 23.0 Å². The van der Waals surface area contributed by atoms with Crippen molar-refractivity contribution in [1.29, 1.82) is 0 Å². The molecule has 32 heavy (non-hydrogen) atoms. The molecule has 6 nitrogen and oxygen atoms in total. The van der Waals surface area contributed by atoms with E-state index in [2.05, 4.69) is 4.98 Å². The van der Waals surface area contributed by atoms with Gasteiger partial charge < -0.3 is 14.3 Å². The van der Waals surface area contributed by atoms with Crippen LogP contribution in [0.15, 0.2) is 65.3 Å². The minimum atomic E-state index is 0.173. The predicted octanol–water partition coefficient (Wildman–Crippen LogP) is 5.43. The molecule has 0 fully saturated rings. The van der Waals surface area contributed by atoms with Gasteiger partial charge in [-0.1, -0.05) is 41.9 Å².